The molecule has 0 spiro atoms. The number of hydrogen-bond acceptors (Lipinski definition) is 3. The number of aliphatic hydroxyl groups is 1. The number of hydrogen-bond donors (Lipinski definition) is 2. The standard InChI is InChI=1S/C12H21N3O2/c1-9(8-16)5-4-6-13-12(17)11-7-10(2)14-15(11)3/h7,9,16H,4-6,8H2,1-3H3,(H,13,17). The molecule has 5 heteroatoms. The second-order valence-electron chi connectivity index (χ2n) is 4.48. The lowest BCUT2D eigenvalue weighted by Gasteiger charge is -2.08. The van der Waals surface area contributed by atoms with Gasteiger partial charge in [-0.2, -0.15) is 5.10 Å². The van der Waals surface area contributed by atoms with Crippen molar-refractivity contribution in [3.63, 3.8) is 0 Å². The van der Waals surface area contributed by atoms with Gasteiger partial charge in [-0.25, -0.2) is 0 Å². The minimum Gasteiger partial charge on any atom is -0.396 e. The highest BCUT2D eigenvalue weighted by atomic mass is 16.3. The fourth-order valence-corrected chi connectivity index (χ4v) is 1.66. The lowest BCUT2D eigenvalue weighted by Crippen LogP contribution is -2.26. The highest BCUT2D eigenvalue weighted by Crippen LogP contribution is 2.04. The first-order valence-corrected chi connectivity index (χ1v) is 5.94. The van der Waals surface area contributed by atoms with Gasteiger partial charge in [0.1, 0.15) is 5.69 Å². The number of nitrogens with one attached hydrogen (secondary N) is 1. The topological polar surface area (TPSA) is 67.2 Å². The van der Waals surface area contributed by atoms with E-state index in [-0.39, 0.29) is 12.5 Å². The third-order valence-electron chi connectivity index (χ3n) is 2.71. The molecule has 1 atom stereocenters. The molecule has 2 N–H and O–H groups in total. The Hall–Kier alpha value is -1.36. The van der Waals surface area contributed by atoms with Gasteiger partial charge in [-0.3, -0.25) is 9.48 Å². The maximum Gasteiger partial charge on any atom is 0.269 e. The zero-order chi connectivity index (χ0) is 12.8. The molecule has 5 nitrogen and oxygen atoms in total. The van der Waals surface area contributed by atoms with Crippen LogP contribution in [0.3, 0.4) is 0 Å². The van der Waals surface area contributed by atoms with Crippen LogP contribution in [0.4, 0.5) is 0 Å². The summed E-state index contributed by atoms with van der Waals surface area (Å²) in [5, 5.41) is 15.8. The molecule has 0 fully saturated rings. The predicted molar refractivity (Wildman–Crippen MR) is 65.8 cm³/mol. The Morgan fingerprint density at radius 3 is 2.88 bits per heavy atom. The number of aryl methyl sites for hydroxylation is 2. The van der Waals surface area contributed by atoms with Crippen LogP contribution < -0.4 is 5.32 Å². The van der Waals surface area contributed by atoms with Crippen LogP contribution in [0.2, 0.25) is 0 Å². The molecule has 0 saturated carbocycles. The van der Waals surface area contributed by atoms with Crippen LogP contribution in [0, 0.1) is 12.8 Å². The van der Waals surface area contributed by atoms with Gasteiger partial charge >= 0.3 is 0 Å². The Bertz CT molecular complexity index is 374. The monoisotopic (exact) mass is 239 g/mol. The van der Waals surface area contributed by atoms with Crippen molar-refractivity contribution >= 4 is 5.91 Å². The van der Waals surface area contributed by atoms with Crippen molar-refractivity contribution in [1.29, 1.82) is 0 Å². The predicted octanol–water partition coefficient (Wildman–Crippen LogP) is 0.867. The zero-order valence-corrected chi connectivity index (χ0v) is 10.7. The van der Waals surface area contributed by atoms with Crippen LogP contribution in [0.25, 0.3) is 0 Å². The summed E-state index contributed by atoms with van der Waals surface area (Å²) in [7, 11) is 1.76. The lowest BCUT2D eigenvalue weighted by atomic mass is 10.1. The van der Waals surface area contributed by atoms with Gasteiger partial charge in [0.25, 0.3) is 5.91 Å². The number of amides is 1. The van der Waals surface area contributed by atoms with Crippen molar-refractivity contribution in [1.82, 2.24) is 15.1 Å². The average Bonchev–Trinajstić information content (AvgIpc) is 2.63. The van der Waals surface area contributed by atoms with Gasteiger partial charge in [0.2, 0.25) is 0 Å². The molecule has 0 aliphatic carbocycles. The van der Waals surface area contributed by atoms with E-state index in [9.17, 15) is 4.79 Å². The first-order chi connectivity index (χ1) is 8.04. The molecule has 17 heavy (non-hydrogen) atoms. The van der Waals surface area contributed by atoms with Crippen molar-refractivity contribution in [2.75, 3.05) is 13.2 Å². The number of rotatable bonds is 6. The fraction of sp³-hybridized carbons (Fsp3) is 0.667. The molecular formula is C12H21N3O2. The zero-order valence-electron chi connectivity index (χ0n) is 10.7. The quantitative estimate of drug-likeness (QED) is 0.724. The summed E-state index contributed by atoms with van der Waals surface area (Å²) in [4.78, 5) is 11.8. The van der Waals surface area contributed by atoms with E-state index in [1.165, 1.54) is 0 Å². The maximum absolute atomic E-state index is 11.8. The SMILES string of the molecule is Cc1cc(C(=O)NCCCC(C)CO)n(C)n1. The summed E-state index contributed by atoms with van der Waals surface area (Å²) in [5.41, 5.74) is 1.42. The summed E-state index contributed by atoms with van der Waals surface area (Å²) in [6, 6.07) is 1.77. The molecule has 0 aromatic carbocycles. The molecule has 0 aliphatic rings. The summed E-state index contributed by atoms with van der Waals surface area (Å²) < 4.78 is 1.58. The van der Waals surface area contributed by atoms with Crippen molar-refractivity contribution in [3.8, 4) is 0 Å². The van der Waals surface area contributed by atoms with Gasteiger partial charge in [0, 0.05) is 20.2 Å². The van der Waals surface area contributed by atoms with Gasteiger partial charge in [0.05, 0.1) is 5.69 Å². The average molecular weight is 239 g/mol. The third-order valence-corrected chi connectivity index (χ3v) is 2.71. The van der Waals surface area contributed by atoms with Crippen LogP contribution in [0.1, 0.15) is 35.9 Å². The van der Waals surface area contributed by atoms with Gasteiger partial charge in [-0.1, -0.05) is 6.92 Å². The summed E-state index contributed by atoms with van der Waals surface area (Å²) in [6.45, 7) is 4.69. The molecule has 1 aromatic heterocycles. The van der Waals surface area contributed by atoms with Gasteiger partial charge in [-0.15, -0.1) is 0 Å². The molecule has 0 radical (unpaired) electrons. The highest BCUT2D eigenvalue weighted by molar-refractivity contribution is 5.92. The molecule has 1 amide bonds. The molecule has 1 unspecified atom stereocenters. The maximum atomic E-state index is 11.8. The van der Waals surface area contributed by atoms with E-state index < -0.39 is 0 Å². The lowest BCUT2D eigenvalue weighted by molar-refractivity contribution is 0.0942. The highest BCUT2D eigenvalue weighted by Gasteiger charge is 2.10. The van der Waals surface area contributed by atoms with Crippen molar-refractivity contribution in [2.24, 2.45) is 13.0 Å². The smallest absolute Gasteiger partial charge is 0.269 e. The molecule has 1 heterocycles. The first kappa shape index (κ1) is 13.7. The van der Waals surface area contributed by atoms with E-state index in [0.29, 0.717) is 18.2 Å². The van der Waals surface area contributed by atoms with Gasteiger partial charge in [0.15, 0.2) is 0 Å². The summed E-state index contributed by atoms with van der Waals surface area (Å²) in [6.07, 6.45) is 1.80. The van der Waals surface area contributed by atoms with Crippen LogP contribution in [-0.2, 0) is 7.05 Å². The van der Waals surface area contributed by atoms with Crippen molar-refractivity contribution < 1.29 is 9.90 Å². The molecule has 96 valence electrons. The Balaban J connectivity index is 2.33. The van der Waals surface area contributed by atoms with E-state index >= 15 is 0 Å². The number of carbonyl (C=O) groups excluding carboxylic acids is 1. The van der Waals surface area contributed by atoms with E-state index in [4.69, 9.17) is 5.11 Å². The molecule has 1 rings (SSSR count). The minimum absolute atomic E-state index is 0.0928. The molecular weight excluding hydrogens is 218 g/mol. The normalized spacial score (nSPS) is 12.5. The number of aromatic nitrogens is 2. The number of carbonyl (C=O) groups is 1. The van der Waals surface area contributed by atoms with Crippen LogP contribution in [0.5, 0.6) is 0 Å². The summed E-state index contributed by atoms with van der Waals surface area (Å²) >= 11 is 0. The number of aliphatic hydroxyl groups excluding tert-OH is 1. The Labute approximate surface area is 102 Å². The largest absolute Gasteiger partial charge is 0.396 e. The third kappa shape index (κ3) is 4.19. The van der Waals surface area contributed by atoms with E-state index in [1.807, 2.05) is 13.8 Å². The molecule has 1 aromatic rings. The molecule has 0 saturated heterocycles. The second kappa shape index (κ2) is 6.39. The molecule has 0 aliphatic heterocycles. The Kier molecular flexibility index (Phi) is 5.15. The summed E-state index contributed by atoms with van der Waals surface area (Å²) in [5.74, 6) is 0.204. The second-order valence-corrected chi connectivity index (χ2v) is 4.48. The van der Waals surface area contributed by atoms with Crippen LogP contribution >= 0.6 is 0 Å². The van der Waals surface area contributed by atoms with E-state index in [2.05, 4.69) is 10.4 Å². The van der Waals surface area contributed by atoms with E-state index in [0.717, 1.165) is 18.5 Å². The fourth-order valence-electron chi connectivity index (χ4n) is 1.66. The Morgan fingerprint density at radius 1 is 1.65 bits per heavy atom. The van der Waals surface area contributed by atoms with Gasteiger partial charge < -0.3 is 10.4 Å². The number of nitrogens with zero attached hydrogens (tertiary/aromatic N) is 2. The van der Waals surface area contributed by atoms with E-state index in [1.54, 1.807) is 17.8 Å². The Morgan fingerprint density at radius 2 is 2.35 bits per heavy atom. The molecule has 0 bridgehead atoms. The van der Waals surface area contributed by atoms with Gasteiger partial charge in [-0.05, 0) is 31.7 Å². The van der Waals surface area contributed by atoms with Crippen LogP contribution in [0.15, 0.2) is 6.07 Å². The first-order valence-electron chi connectivity index (χ1n) is 5.94. The minimum atomic E-state index is -0.0928. The van der Waals surface area contributed by atoms with Crippen molar-refractivity contribution in [2.45, 2.75) is 26.7 Å². The van der Waals surface area contributed by atoms with Crippen LogP contribution in [-0.4, -0.2) is 33.9 Å². The van der Waals surface area contributed by atoms with Crippen molar-refractivity contribution in [3.05, 3.63) is 17.5 Å².